The van der Waals surface area contributed by atoms with E-state index in [4.69, 9.17) is 4.74 Å². The van der Waals surface area contributed by atoms with Crippen LogP contribution < -0.4 is 0 Å². The van der Waals surface area contributed by atoms with Gasteiger partial charge in [-0.1, -0.05) is 0 Å². The van der Waals surface area contributed by atoms with Crippen LogP contribution in [0, 0.1) is 16.0 Å². The van der Waals surface area contributed by atoms with Crippen molar-refractivity contribution >= 4 is 33.6 Å². The molecule has 9 nitrogen and oxygen atoms in total. The Bertz CT molecular complexity index is 959. The number of rotatable bonds is 4. The fraction of sp³-hybridized carbons (Fsp3) is 0.526. The van der Waals surface area contributed by atoms with Crippen molar-refractivity contribution < 1.29 is 18.7 Å². The second kappa shape index (κ2) is 8.40. The molecule has 0 radical (unpaired) electrons. The van der Waals surface area contributed by atoms with Gasteiger partial charge in [-0.25, -0.2) is 9.78 Å². The number of fused-ring (bicyclic) bond motifs is 1. The Morgan fingerprint density at radius 1 is 1.38 bits per heavy atom. The van der Waals surface area contributed by atoms with E-state index >= 15 is 0 Å². The van der Waals surface area contributed by atoms with Crippen LogP contribution in [0.25, 0.3) is 11.0 Å². The summed E-state index contributed by atoms with van der Waals surface area (Å²) in [6, 6.07) is 4.20. The Labute approximate surface area is 171 Å². The molecule has 1 amide bonds. The molecule has 0 N–H and O–H groups in total. The normalized spacial score (nSPS) is 18.4. The van der Waals surface area contributed by atoms with Crippen molar-refractivity contribution in [2.45, 2.75) is 44.2 Å². The van der Waals surface area contributed by atoms with Gasteiger partial charge < -0.3 is 9.64 Å². The number of carbonyl (C=O) groups is 1. The molecule has 0 saturated carbocycles. The molecule has 29 heavy (non-hydrogen) atoms. The molecule has 2 heterocycles. The third kappa shape index (κ3) is 5.47. The molecule has 1 aliphatic heterocycles. The van der Waals surface area contributed by atoms with Gasteiger partial charge in [-0.3, -0.25) is 19.3 Å². The van der Waals surface area contributed by atoms with Gasteiger partial charge in [0.05, 0.1) is 33.0 Å². The summed E-state index contributed by atoms with van der Waals surface area (Å²) < 4.78 is 18.2. The van der Waals surface area contributed by atoms with Gasteiger partial charge in [0.2, 0.25) is 0 Å². The second-order valence-corrected chi connectivity index (χ2v) is 9.53. The average Bonchev–Trinajstić information content (AvgIpc) is 2.66. The summed E-state index contributed by atoms with van der Waals surface area (Å²) in [4.78, 5) is 32.9. The van der Waals surface area contributed by atoms with Crippen LogP contribution in [0.4, 0.5) is 10.5 Å². The van der Waals surface area contributed by atoms with Crippen LogP contribution in [-0.4, -0.2) is 54.5 Å². The van der Waals surface area contributed by atoms with Crippen LogP contribution in [-0.2, 0) is 15.5 Å². The lowest BCUT2D eigenvalue weighted by atomic mass is 10.0. The number of non-ortho nitro benzene ring substituents is 1. The van der Waals surface area contributed by atoms with E-state index in [1.54, 1.807) is 4.90 Å². The van der Waals surface area contributed by atoms with Crippen LogP contribution in [0.3, 0.4) is 0 Å². The summed E-state index contributed by atoms with van der Waals surface area (Å²) in [5, 5.41) is 11.2. The van der Waals surface area contributed by atoms with E-state index < -0.39 is 21.3 Å². The topological polar surface area (TPSA) is 116 Å². The number of nitrogens with zero attached hydrogens (tertiary/aromatic N) is 4. The number of amides is 1. The number of carbonyl (C=O) groups excluding carboxylic acids is 1. The minimum atomic E-state index is -1.38. The molecule has 1 fully saturated rings. The summed E-state index contributed by atoms with van der Waals surface area (Å²) in [6.07, 6.45) is 2.75. The van der Waals surface area contributed by atoms with Crippen LogP contribution in [0.5, 0.6) is 0 Å². The first kappa shape index (κ1) is 21.1. The molecular formula is C19H24N4O5S. The predicted octanol–water partition coefficient (Wildman–Crippen LogP) is 3.29. The maximum atomic E-state index is 12.8. The smallest absolute Gasteiger partial charge is 0.410 e. The molecule has 1 aliphatic rings. The molecule has 3 rings (SSSR count). The number of likely N-dealkylation sites (tertiary alicyclic amines) is 1. The Kier molecular flexibility index (Phi) is 6.11. The summed E-state index contributed by atoms with van der Waals surface area (Å²) in [6.45, 7) is 6.61. The number of piperidine rings is 1. The minimum Gasteiger partial charge on any atom is -0.444 e. The summed E-state index contributed by atoms with van der Waals surface area (Å²) in [5.74, 6) is 0.443. The van der Waals surface area contributed by atoms with E-state index in [1.807, 2.05) is 20.8 Å². The third-order valence-corrected chi connectivity index (χ3v) is 5.94. The molecular weight excluding hydrogens is 396 g/mol. The lowest BCUT2D eigenvalue weighted by Gasteiger charge is -2.33. The zero-order valence-electron chi connectivity index (χ0n) is 16.7. The molecule has 10 heteroatoms. The molecule has 2 atom stereocenters. The third-order valence-electron chi connectivity index (χ3n) is 4.51. The predicted molar refractivity (Wildman–Crippen MR) is 108 cm³/mol. The van der Waals surface area contributed by atoms with Gasteiger partial charge in [-0.15, -0.1) is 0 Å². The van der Waals surface area contributed by atoms with E-state index in [0.717, 1.165) is 12.8 Å². The Morgan fingerprint density at radius 2 is 2.14 bits per heavy atom. The number of nitro benzene ring substituents is 1. The van der Waals surface area contributed by atoms with Crippen molar-refractivity contribution in [3.8, 4) is 0 Å². The van der Waals surface area contributed by atoms with Gasteiger partial charge >= 0.3 is 6.09 Å². The van der Waals surface area contributed by atoms with Gasteiger partial charge in [0.15, 0.2) is 0 Å². The highest BCUT2D eigenvalue weighted by molar-refractivity contribution is 7.84. The molecule has 0 bridgehead atoms. The highest BCUT2D eigenvalue weighted by atomic mass is 32.2. The highest BCUT2D eigenvalue weighted by Gasteiger charge is 2.29. The van der Waals surface area contributed by atoms with E-state index in [-0.39, 0.29) is 17.7 Å². The number of aromatic nitrogens is 2. The van der Waals surface area contributed by atoms with E-state index in [2.05, 4.69) is 9.97 Å². The average molecular weight is 420 g/mol. The molecule has 156 valence electrons. The number of hydrogen-bond donors (Lipinski definition) is 0. The van der Waals surface area contributed by atoms with E-state index in [1.165, 1.54) is 24.4 Å². The molecule has 1 saturated heterocycles. The largest absolute Gasteiger partial charge is 0.444 e. The first-order valence-corrected chi connectivity index (χ1v) is 10.7. The van der Waals surface area contributed by atoms with Gasteiger partial charge in [-0.2, -0.15) is 0 Å². The number of benzene rings is 1. The zero-order valence-corrected chi connectivity index (χ0v) is 17.5. The summed E-state index contributed by atoms with van der Waals surface area (Å²) in [7, 11) is -1.38. The van der Waals surface area contributed by atoms with Crippen molar-refractivity contribution in [2.75, 3.05) is 18.8 Å². The first-order chi connectivity index (χ1) is 13.6. The minimum absolute atomic E-state index is 0.0647. The number of hydrogen-bond acceptors (Lipinski definition) is 7. The quantitative estimate of drug-likeness (QED) is 0.550. The van der Waals surface area contributed by atoms with Crippen LogP contribution in [0.15, 0.2) is 29.4 Å². The Balaban J connectivity index is 1.67. The van der Waals surface area contributed by atoms with Crippen LogP contribution in [0.1, 0.15) is 33.6 Å². The molecule has 2 aromatic rings. The molecule has 0 aliphatic carbocycles. The lowest BCUT2D eigenvalue weighted by Crippen LogP contribution is -2.44. The molecule has 0 spiro atoms. The first-order valence-electron chi connectivity index (χ1n) is 9.40. The van der Waals surface area contributed by atoms with Gasteiger partial charge in [0.1, 0.15) is 10.6 Å². The van der Waals surface area contributed by atoms with Crippen molar-refractivity contribution in [1.29, 1.82) is 0 Å². The van der Waals surface area contributed by atoms with Gasteiger partial charge in [-0.05, 0) is 45.6 Å². The van der Waals surface area contributed by atoms with Gasteiger partial charge in [0, 0.05) is 31.0 Å². The van der Waals surface area contributed by atoms with Crippen LogP contribution >= 0.6 is 0 Å². The fourth-order valence-corrected chi connectivity index (χ4v) is 4.44. The Morgan fingerprint density at radius 3 is 2.83 bits per heavy atom. The standard InChI is InChI=1S/C19H24N4O5S/c1-19(2,3)28-18(24)22-8-4-5-13(11-22)12-29(27)17-10-20-16-9-14(23(25)26)6-7-15(16)21-17/h6-7,9-10,13H,4-5,8,11-12H2,1-3H3. The van der Waals surface area contributed by atoms with Gasteiger partial charge in [0.25, 0.3) is 5.69 Å². The van der Waals surface area contributed by atoms with Crippen molar-refractivity contribution in [2.24, 2.45) is 5.92 Å². The molecule has 2 unspecified atom stereocenters. The highest BCUT2D eigenvalue weighted by Crippen LogP contribution is 2.23. The zero-order chi connectivity index (χ0) is 21.2. The molecule has 1 aromatic heterocycles. The van der Waals surface area contributed by atoms with Crippen molar-refractivity contribution in [1.82, 2.24) is 14.9 Å². The summed E-state index contributed by atoms with van der Waals surface area (Å²) >= 11 is 0. The van der Waals surface area contributed by atoms with Crippen molar-refractivity contribution in [3.05, 3.63) is 34.5 Å². The second-order valence-electron chi connectivity index (χ2n) is 8.09. The number of nitro groups is 1. The van der Waals surface area contributed by atoms with E-state index in [9.17, 15) is 19.1 Å². The summed E-state index contributed by atoms with van der Waals surface area (Å²) in [5.41, 5.74) is 0.224. The lowest BCUT2D eigenvalue weighted by molar-refractivity contribution is -0.384. The number of ether oxygens (including phenoxy) is 1. The maximum Gasteiger partial charge on any atom is 0.410 e. The monoisotopic (exact) mass is 420 g/mol. The Hall–Kier alpha value is -2.62. The SMILES string of the molecule is CC(C)(C)OC(=O)N1CCCC(CS(=O)c2cnc3cc([N+](=O)[O-])ccc3n2)C1. The van der Waals surface area contributed by atoms with E-state index in [0.29, 0.717) is 34.9 Å². The molecule has 1 aromatic carbocycles. The van der Waals surface area contributed by atoms with Crippen LogP contribution in [0.2, 0.25) is 0 Å². The fourth-order valence-electron chi connectivity index (χ4n) is 3.20. The maximum absolute atomic E-state index is 12.8. The van der Waals surface area contributed by atoms with Crippen molar-refractivity contribution in [3.63, 3.8) is 0 Å².